The Morgan fingerprint density at radius 1 is 1.21 bits per heavy atom. The summed E-state index contributed by atoms with van der Waals surface area (Å²) in [5, 5.41) is 12.9. The van der Waals surface area contributed by atoms with Crippen LogP contribution in [0.25, 0.3) is 11.1 Å². The number of nitrogens with one attached hydrogen (secondary N) is 1. The Labute approximate surface area is 195 Å². The average molecular weight is 470 g/mol. The molecule has 0 amide bonds. The highest BCUT2D eigenvalue weighted by molar-refractivity contribution is 5.89. The van der Waals surface area contributed by atoms with Gasteiger partial charge in [0.05, 0.1) is 5.56 Å². The van der Waals surface area contributed by atoms with Crippen molar-refractivity contribution in [1.82, 2.24) is 10.3 Å². The Balaban J connectivity index is 1.51. The lowest BCUT2D eigenvalue weighted by Gasteiger charge is -2.28. The summed E-state index contributed by atoms with van der Waals surface area (Å²) in [7, 11) is 0. The number of halogens is 3. The number of carboxylic acid groups (broad SMARTS) is 1. The first-order valence-corrected chi connectivity index (χ1v) is 11.0. The largest absolute Gasteiger partial charge is 0.484 e. The molecule has 0 saturated carbocycles. The molecule has 2 N–H and O–H groups in total. The number of alkyl halides is 3. The molecule has 0 spiro atoms. The number of aromatic nitrogens is 1. The van der Waals surface area contributed by atoms with Gasteiger partial charge < -0.3 is 15.2 Å². The SMILES string of the molecule is Cc1cc(OCC(F)(F)F)ccc1-c1ccc2c(c1)CCN[C@H]2CCc1cnccc1C(=O)O. The van der Waals surface area contributed by atoms with Crippen LogP contribution in [0.3, 0.4) is 0 Å². The number of benzene rings is 2. The third-order valence-electron chi connectivity index (χ3n) is 6.05. The fourth-order valence-electron chi connectivity index (χ4n) is 4.43. The highest BCUT2D eigenvalue weighted by Crippen LogP contribution is 2.33. The summed E-state index contributed by atoms with van der Waals surface area (Å²) in [4.78, 5) is 15.5. The van der Waals surface area contributed by atoms with Gasteiger partial charge in [-0.3, -0.25) is 4.98 Å². The molecule has 4 rings (SSSR count). The van der Waals surface area contributed by atoms with E-state index in [0.29, 0.717) is 12.0 Å². The lowest BCUT2D eigenvalue weighted by Crippen LogP contribution is -2.30. The van der Waals surface area contributed by atoms with Crippen LogP contribution in [0.2, 0.25) is 0 Å². The van der Waals surface area contributed by atoms with E-state index < -0.39 is 18.8 Å². The lowest BCUT2D eigenvalue weighted by molar-refractivity contribution is -0.153. The van der Waals surface area contributed by atoms with Crippen molar-refractivity contribution >= 4 is 5.97 Å². The van der Waals surface area contributed by atoms with Crippen molar-refractivity contribution in [3.05, 3.63) is 82.7 Å². The molecule has 0 unspecified atom stereocenters. The van der Waals surface area contributed by atoms with Crippen LogP contribution in [0, 0.1) is 6.92 Å². The molecule has 3 aromatic rings. The topological polar surface area (TPSA) is 71.5 Å². The van der Waals surface area contributed by atoms with Gasteiger partial charge in [0.25, 0.3) is 0 Å². The summed E-state index contributed by atoms with van der Waals surface area (Å²) < 4.78 is 42.1. The third-order valence-corrected chi connectivity index (χ3v) is 6.05. The molecule has 0 radical (unpaired) electrons. The van der Waals surface area contributed by atoms with Crippen molar-refractivity contribution in [2.75, 3.05) is 13.2 Å². The van der Waals surface area contributed by atoms with E-state index in [9.17, 15) is 23.1 Å². The van der Waals surface area contributed by atoms with E-state index in [1.807, 2.05) is 13.0 Å². The number of nitrogens with zero attached hydrogens (tertiary/aromatic N) is 1. The van der Waals surface area contributed by atoms with E-state index in [4.69, 9.17) is 4.74 Å². The third kappa shape index (κ3) is 5.56. The summed E-state index contributed by atoms with van der Waals surface area (Å²) >= 11 is 0. The summed E-state index contributed by atoms with van der Waals surface area (Å²) in [6.07, 6.45) is 0.914. The second-order valence-electron chi connectivity index (χ2n) is 8.43. The van der Waals surface area contributed by atoms with E-state index in [1.54, 1.807) is 24.4 Å². The maximum atomic E-state index is 12.4. The van der Waals surface area contributed by atoms with Gasteiger partial charge in [-0.2, -0.15) is 13.2 Å². The number of carbonyl (C=O) groups is 1. The number of aromatic carboxylic acids is 1. The molecule has 1 atom stereocenters. The average Bonchev–Trinajstić information content (AvgIpc) is 2.80. The highest BCUT2D eigenvalue weighted by atomic mass is 19.4. The van der Waals surface area contributed by atoms with Crippen molar-refractivity contribution in [3.8, 4) is 16.9 Å². The summed E-state index contributed by atoms with van der Waals surface area (Å²) in [6.45, 7) is 1.35. The Bertz CT molecular complexity index is 1190. The number of ether oxygens (including phenoxy) is 1. The number of hydrogen-bond acceptors (Lipinski definition) is 4. The lowest BCUT2D eigenvalue weighted by atomic mass is 9.87. The molecule has 0 bridgehead atoms. The minimum absolute atomic E-state index is 0.0962. The zero-order chi connectivity index (χ0) is 24.3. The number of aryl methyl sites for hydroxylation is 2. The van der Waals surface area contributed by atoms with E-state index >= 15 is 0 Å². The van der Waals surface area contributed by atoms with Crippen molar-refractivity contribution in [2.45, 2.75) is 38.4 Å². The normalized spacial score (nSPS) is 15.6. The van der Waals surface area contributed by atoms with E-state index in [2.05, 4.69) is 22.4 Å². The van der Waals surface area contributed by atoms with Crippen LogP contribution in [0.15, 0.2) is 54.9 Å². The molecule has 2 aromatic carbocycles. The maximum absolute atomic E-state index is 12.4. The Kier molecular flexibility index (Phi) is 6.88. The molecule has 5 nitrogen and oxygen atoms in total. The molecule has 0 fully saturated rings. The summed E-state index contributed by atoms with van der Waals surface area (Å²) in [6, 6.07) is 12.8. The zero-order valence-electron chi connectivity index (χ0n) is 18.7. The van der Waals surface area contributed by atoms with Crippen LogP contribution < -0.4 is 10.1 Å². The second-order valence-corrected chi connectivity index (χ2v) is 8.43. The Morgan fingerprint density at radius 2 is 2.03 bits per heavy atom. The first-order chi connectivity index (χ1) is 16.2. The molecular weight excluding hydrogens is 445 g/mol. The van der Waals surface area contributed by atoms with Gasteiger partial charge in [0.15, 0.2) is 6.61 Å². The molecule has 0 saturated heterocycles. The number of carboxylic acids is 1. The Morgan fingerprint density at radius 3 is 2.76 bits per heavy atom. The minimum atomic E-state index is -4.37. The molecule has 1 aliphatic heterocycles. The van der Waals surface area contributed by atoms with Crippen LogP contribution >= 0.6 is 0 Å². The first kappa shape index (κ1) is 23.8. The predicted molar refractivity (Wildman–Crippen MR) is 122 cm³/mol. The molecule has 1 aromatic heterocycles. The molecule has 178 valence electrons. The fourth-order valence-corrected chi connectivity index (χ4v) is 4.43. The van der Waals surface area contributed by atoms with Crippen LogP contribution in [-0.2, 0) is 12.8 Å². The van der Waals surface area contributed by atoms with Crippen LogP contribution in [0.1, 0.15) is 45.1 Å². The van der Waals surface area contributed by atoms with Gasteiger partial charge in [-0.1, -0.05) is 24.3 Å². The summed E-state index contributed by atoms with van der Waals surface area (Å²) in [5.41, 5.74) is 6.16. The number of pyridine rings is 1. The molecular formula is C26H25F3N2O3. The molecule has 8 heteroatoms. The van der Waals surface area contributed by atoms with Crippen molar-refractivity contribution in [2.24, 2.45) is 0 Å². The molecule has 34 heavy (non-hydrogen) atoms. The van der Waals surface area contributed by atoms with Gasteiger partial charge in [0.2, 0.25) is 0 Å². The molecule has 2 heterocycles. The molecule has 0 aliphatic carbocycles. The van der Waals surface area contributed by atoms with Crippen molar-refractivity contribution < 1.29 is 27.8 Å². The number of hydrogen-bond donors (Lipinski definition) is 2. The minimum Gasteiger partial charge on any atom is -0.484 e. The van der Waals surface area contributed by atoms with Gasteiger partial charge in [0, 0.05) is 18.4 Å². The Hall–Kier alpha value is -3.39. The van der Waals surface area contributed by atoms with Crippen LogP contribution in [-0.4, -0.2) is 35.4 Å². The number of rotatable bonds is 7. The van der Waals surface area contributed by atoms with Gasteiger partial charge in [-0.15, -0.1) is 0 Å². The van der Waals surface area contributed by atoms with Gasteiger partial charge in [0.1, 0.15) is 5.75 Å². The van der Waals surface area contributed by atoms with Crippen molar-refractivity contribution in [3.63, 3.8) is 0 Å². The quantitative estimate of drug-likeness (QED) is 0.476. The highest BCUT2D eigenvalue weighted by Gasteiger charge is 2.28. The maximum Gasteiger partial charge on any atom is 0.422 e. The van der Waals surface area contributed by atoms with Crippen LogP contribution in [0.4, 0.5) is 13.2 Å². The second kappa shape index (κ2) is 9.85. The first-order valence-electron chi connectivity index (χ1n) is 11.0. The van der Waals surface area contributed by atoms with Gasteiger partial charge >= 0.3 is 12.1 Å². The van der Waals surface area contributed by atoms with Gasteiger partial charge in [-0.05, 0) is 84.3 Å². The van der Waals surface area contributed by atoms with Crippen LogP contribution in [0.5, 0.6) is 5.75 Å². The standard InChI is InChI=1S/C26H25F3N2O3/c1-16-12-20(34-15-26(27,28)29)4-6-21(16)17-2-5-22-18(13-17)8-11-31-24(22)7-3-19-14-30-10-9-23(19)25(32)33/h2,4-6,9-10,12-14,24,31H,3,7-8,11,15H2,1H3,(H,32,33)/t24-/m0/s1. The zero-order valence-corrected chi connectivity index (χ0v) is 18.7. The van der Waals surface area contributed by atoms with E-state index in [0.717, 1.165) is 36.1 Å². The number of fused-ring (bicyclic) bond motifs is 1. The van der Waals surface area contributed by atoms with Crippen molar-refractivity contribution in [1.29, 1.82) is 0 Å². The van der Waals surface area contributed by atoms with Gasteiger partial charge in [-0.25, -0.2) is 4.79 Å². The smallest absolute Gasteiger partial charge is 0.422 e. The molecule has 1 aliphatic rings. The predicted octanol–water partition coefficient (Wildman–Crippen LogP) is 5.52. The fraction of sp³-hybridized carbons (Fsp3) is 0.308. The monoisotopic (exact) mass is 470 g/mol. The summed E-state index contributed by atoms with van der Waals surface area (Å²) in [5.74, 6) is -0.763. The van der Waals surface area contributed by atoms with E-state index in [-0.39, 0.29) is 17.4 Å². The van der Waals surface area contributed by atoms with E-state index in [1.165, 1.54) is 23.4 Å².